The van der Waals surface area contributed by atoms with E-state index in [0.717, 1.165) is 0 Å². The van der Waals surface area contributed by atoms with Crippen LogP contribution in [-0.4, -0.2) is 18.0 Å². The molecule has 0 spiro atoms. The van der Waals surface area contributed by atoms with Crippen LogP contribution in [0.15, 0.2) is 0 Å². The maximum atomic E-state index is 10.4. The Morgan fingerprint density at radius 3 is 2.18 bits per heavy atom. The third kappa shape index (κ3) is 3.50. The van der Waals surface area contributed by atoms with Crippen molar-refractivity contribution in [3.63, 3.8) is 0 Å². The topological polar surface area (TPSA) is 131 Å². The van der Waals surface area contributed by atoms with Crippen LogP contribution in [-0.2, 0) is 19.3 Å². The van der Waals surface area contributed by atoms with Gasteiger partial charge in [-0.25, -0.2) is 4.79 Å². The molecule has 64 valence electrons. The van der Waals surface area contributed by atoms with E-state index in [1.54, 1.807) is 0 Å². The number of nitrogens with two attached hydrogens (primary N) is 3. The molecule has 7 heteroatoms. The van der Waals surface area contributed by atoms with Gasteiger partial charge in [-0.05, 0) is 0 Å². The second kappa shape index (κ2) is 4.61. The van der Waals surface area contributed by atoms with Gasteiger partial charge in [0.15, 0.2) is 0 Å². The van der Waals surface area contributed by atoms with Crippen LogP contribution >= 0.6 is 0 Å². The molecule has 0 bridgehead atoms. The molecule has 7 nitrogen and oxygen atoms in total. The molecule has 0 saturated carbocycles. The Hall–Kier alpha value is -1.18. The fraction of sp³-hybridized carbons (Fsp3) is 0.500. The van der Waals surface area contributed by atoms with Crippen molar-refractivity contribution in [3.8, 4) is 0 Å². The van der Waals surface area contributed by atoms with Gasteiger partial charge in [0.2, 0.25) is 0 Å². The van der Waals surface area contributed by atoms with Crippen molar-refractivity contribution >= 4 is 11.9 Å². The first-order chi connectivity index (χ1) is 5.11. The summed E-state index contributed by atoms with van der Waals surface area (Å²) in [6, 6.07) is -1.13. The lowest BCUT2D eigenvalue weighted by atomic mass is 10.2. The molecule has 0 fully saturated rings. The largest absolute Gasteiger partial charge is 0.373 e. The number of rotatable bonds is 3. The fourth-order valence-electron chi connectivity index (χ4n) is 0.398. The predicted octanol–water partition coefficient (Wildman–Crippen LogP) is -2.46. The van der Waals surface area contributed by atoms with Crippen LogP contribution < -0.4 is 17.5 Å². The van der Waals surface area contributed by atoms with Crippen molar-refractivity contribution < 1.29 is 19.3 Å². The zero-order valence-electron chi connectivity index (χ0n) is 5.65. The van der Waals surface area contributed by atoms with Crippen LogP contribution in [0.4, 0.5) is 0 Å². The Morgan fingerprint density at radius 1 is 1.27 bits per heavy atom. The van der Waals surface area contributed by atoms with E-state index in [2.05, 4.69) is 21.5 Å². The van der Waals surface area contributed by atoms with Gasteiger partial charge in [0.05, 0.1) is 6.42 Å². The van der Waals surface area contributed by atoms with Crippen molar-refractivity contribution in [1.82, 2.24) is 0 Å². The third-order valence-corrected chi connectivity index (χ3v) is 0.937. The summed E-state index contributed by atoms with van der Waals surface area (Å²) in [6.07, 6.45) is -0.355. The zero-order valence-corrected chi connectivity index (χ0v) is 5.65. The fourth-order valence-corrected chi connectivity index (χ4v) is 0.398. The number of hydrogen-bond donors (Lipinski definition) is 3. The van der Waals surface area contributed by atoms with E-state index in [4.69, 9.17) is 5.73 Å². The van der Waals surface area contributed by atoms with E-state index in [1.807, 2.05) is 0 Å². The van der Waals surface area contributed by atoms with Gasteiger partial charge in [0.1, 0.15) is 6.04 Å². The monoisotopic (exact) mass is 163 g/mol. The van der Waals surface area contributed by atoms with Crippen molar-refractivity contribution in [1.29, 1.82) is 0 Å². The maximum absolute atomic E-state index is 10.4. The minimum Gasteiger partial charge on any atom is -0.373 e. The smallest absolute Gasteiger partial charge is 0.341 e. The standard InChI is InChI=1S/C4H9N3O4/c5-2(4(9)11-7)1-3(8)10-6/h2H,1,5-7H2/t2-/m0/s1. The molecule has 0 aliphatic carbocycles. The minimum atomic E-state index is -1.13. The molecule has 11 heavy (non-hydrogen) atoms. The highest BCUT2D eigenvalue weighted by Gasteiger charge is 2.18. The highest BCUT2D eigenvalue weighted by molar-refractivity contribution is 5.82. The van der Waals surface area contributed by atoms with Gasteiger partial charge >= 0.3 is 11.9 Å². The highest BCUT2D eigenvalue weighted by Crippen LogP contribution is 1.90. The molecule has 0 rings (SSSR count). The van der Waals surface area contributed by atoms with Gasteiger partial charge in [-0.1, -0.05) is 0 Å². The molecule has 0 aromatic heterocycles. The second-order valence-electron chi connectivity index (χ2n) is 1.74. The second-order valence-corrected chi connectivity index (χ2v) is 1.74. The average Bonchev–Trinajstić information content (AvgIpc) is 2.02. The molecular formula is C4H9N3O4. The van der Waals surface area contributed by atoms with Gasteiger partial charge in [-0.2, -0.15) is 11.8 Å². The van der Waals surface area contributed by atoms with Crippen LogP contribution in [0, 0.1) is 0 Å². The Bertz CT molecular complexity index is 159. The first-order valence-corrected chi connectivity index (χ1v) is 2.67. The number of carbonyl (C=O) groups excluding carboxylic acids is 2. The Kier molecular flexibility index (Phi) is 4.11. The third-order valence-electron chi connectivity index (χ3n) is 0.937. The van der Waals surface area contributed by atoms with E-state index in [9.17, 15) is 9.59 Å². The highest BCUT2D eigenvalue weighted by atomic mass is 16.7. The number of hydrogen-bond acceptors (Lipinski definition) is 7. The Morgan fingerprint density at radius 2 is 1.82 bits per heavy atom. The molecule has 0 saturated heterocycles. The summed E-state index contributed by atoms with van der Waals surface area (Å²) in [5, 5.41) is 0. The van der Waals surface area contributed by atoms with Crippen molar-refractivity contribution in [2.75, 3.05) is 0 Å². The molecule has 0 aliphatic rings. The van der Waals surface area contributed by atoms with Crippen LogP contribution in [0.5, 0.6) is 0 Å². The van der Waals surface area contributed by atoms with Gasteiger partial charge < -0.3 is 15.4 Å². The molecule has 0 radical (unpaired) electrons. The van der Waals surface area contributed by atoms with Gasteiger partial charge in [0.25, 0.3) is 0 Å². The van der Waals surface area contributed by atoms with Crippen LogP contribution in [0.25, 0.3) is 0 Å². The molecule has 1 atom stereocenters. The lowest BCUT2D eigenvalue weighted by Crippen LogP contribution is -2.36. The summed E-state index contributed by atoms with van der Waals surface area (Å²) in [5.74, 6) is 7.25. The van der Waals surface area contributed by atoms with Gasteiger partial charge in [-0.15, -0.1) is 0 Å². The summed E-state index contributed by atoms with van der Waals surface area (Å²) >= 11 is 0. The molecule has 6 N–H and O–H groups in total. The van der Waals surface area contributed by atoms with Crippen molar-refractivity contribution in [2.24, 2.45) is 17.5 Å². The number of carbonyl (C=O) groups is 2. The summed E-state index contributed by atoms with van der Waals surface area (Å²) in [4.78, 5) is 28.3. The normalized spacial score (nSPS) is 11.9. The van der Waals surface area contributed by atoms with Crippen LogP contribution in [0.2, 0.25) is 0 Å². The van der Waals surface area contributed by atoms with Gasteiger partial charge in [-0.3, -0.25) is 4.79 Å². The summed E-state index contributed by atoms with van der Waals surface area (Å²) < 4.78 is 0. The Balaban J connectivity index is 3.77. The lowest BCUT2D eigenvalue weighted by Gasteiger charge is -2.04. The molecule has 0 aromatic carbocycles. The van der Waals surface area contributed by atoms with E-state index in [0.29, 0.717) is 0 Å². The zero-order chi connectivity index (χ0) is 8.85. The quantitative estimate of drug-likeness (QED) is 0.393. The SMILES string of the molecule is NOC(=O)C[C@H](N)C(=O)ON. The Labute approximate surface area is 62.3 Å². The predicted molar refractivity (Wildman–Crippen MR) is 33.2 cm³/mol. The first-order valence-electron chi connectivity index (χ1n) is 2.67. The van der Waals surface area contributed by atoms with E-state index >= 15 is 0 Å². The minimum absolute atomic E-state index is 0.355. The average molecular weight is 163 g/mol. The summed E-state index contributed by atoms with van der Waals surface area (Å²) in [7, 11) is 0. The first kappa shape index (κ1) is 9.82. The molecule has 0 unspecified atom stereocenters. The van der Waals surface area contributed by atoms with Crippen molar-refractivity contribution in [3.05, 3.63) is 0 Å². The summed E-state index contributed by atoms with van der Waals surface area (Å²) in [6.45, 7) is 0. The van der Waals surface area contributed by atoms with E-state index < -0.39 is 18.0 Å². The lowest BCUT2D eigenvalue weighted by molar-refractivity contribution is -0.152. The molecule has 0 amide bonds. The maximum Gasteiger partial charge on any atom is 0.341 e. The van der Waals surface area contributed by atoms with Crippen LogP contribution in [0.3, 0.4) is 0 Å². The summed E-state index contributed by atoms with van der Waals surface area (Å²) in [5.41, 5.74) is 5.09. The molecule has 0 aliphatic heterocycles. The van der Waals surface area contributed by atoms with Crippen LogP contribution in [0.1, 0.15) is 6.42 Å². The van der Waals surface area contributed by atoms with Crippen molar-refractivity contribution in [2.45, 2.75) is 12.5 Å². The molecule has 0 aromatic rings. The van der Waals surface area contributed by atoms with E-state index in [1.165, 1.54) is 0 Å². The molecule has 0 heterocycles. The molecular weight excluding hydrogens is 154 g/mol. The van der Waals surface area contributed by atoms with Gasteiger partial charge in [0, 0.05) is 0 Å². The van der Waals surface area contributed by atoms with E-state index in [-0.39, 0.29) is 6.42 Å².